The molecule has 1 aromatic heterocycles. The monoisotopic (exact) mass is 246 g/mol. The summed E-state index contributed by atoms with van der Waals surface area (Å²) in [6, 6.07) is 7.74. The first-order valence-corrected chi connectivity index (χ1v) is 6.33. The third-order valence-electron chi connectivity index (χ3n) is 3.84. The highest BCUT2D eigenvalue weighted by Gasteiger charge is 2.36. The molecule has 0 saturated heterocycles. The Bertz CT molecular complexity index is 588. The average Bonchev–Trinajstić information content (AvgIpc) is 2.25. The van der Waals surface area contributed by atoms with Gasteiger partial charge in [0.15, 0.2) is 0 Å². The van der Waals surface area contributed by atoms with Gasteiger partial charge >= 0.3 is 0 Å². The van der Waals surface area contributed by atoms with Crippen molar-refractivity contribution < 1.29 is 0 Å². The minimum absolute atomic E-state index is 0.178. The lowest BCUT2D eigenvalue weighted by molar-refractivity contribution is 0.266. The number of hydrogen-bond acceptors (Lipinski definition) is 2. The van der Waals surface area contributed by atoms with Gasteiger partial charge in [-0.3, -0.25) is 4.98 Å². The Kier molecular flexibility index (Phi) is 2.30. The second-order valence-corrected chi connectivity index (χ2v) is 5.61. The lowest BCUT2D eigenvalue weighted by Gasteiger charge is -2.38. The summed E-state index contributed by atoms with van der Waals surface area (Å²) < 4.78 is 0. The molecule has 0 atom stereocenters. The quantitative estimate of drug-likeness (QED) is 0.829. The number of pyridine rings is 1. The van der Waals surface area contributed by atoms with Crippen LogP contribution in [-0.4, -0.2) is 4.98 Å². The number of nitrogen functional groups attached to an aromatic ring is 1. The van der Waals surface area contributed by atoms with Crippen LogP contribution in [0.4, 0.5) is 5.69 Å². The standard InChI is InChI=1S/C14H15ClN2/c1-14(5-2-6-14)13-11(16)8-9-7-10(15)3-4-12(9)17-13/h3-4,7-8H,2,5-6,16H2,1H3. The first-order valence-electron chi connectivity index (χ1n) is 5.95. The lowest BCUT2D eigenvalue weighted by atomic mass is 9.67. The van der Waals surface area contributed by atoms with Crippen LogP contribution in [0.5, 0.6) is 0 Å². The van der Waals surface area contributed by atoms with Gasteiger partial charge in [-0.25, -0.2) is 0 Å². The molecule has 17 heavy (non-hydrogen) atoms. The Morgan fingerprint density at radius 1 is 1.29 bits per heavy atom. The van der Waals surface area contributed by atoms with Crippen LogP contribution in [0.15, 0.2) is 24.3 Å². The number of aromatic nitrogens is 1. The van der Waals surface area contributed by atoms with Crippen molar-refractivity contribution in [1.29, 1.82) is 0 Å². The van der Waals surface area contributed by atoms with Gasteiger partial charge in [-0.2, -0.15) is 0 Å². The van der Waals surface area contributed by atoms with Crippen molar-refractivity contribution in [2.24, 2.45) is 0 Å². The molecule has 2 nitrogen and oxygen atoms in total. The van der Waals surface area contributed by atoms with Crippen LogP contribution in [0.1, 0.15) is 31.9 Å². The number of rotatable bonds is 1. The third kappa shape index (κ3) is 1.67. The number of hydrogen-bond donors (Lipinski definition) is 1. The molecular weight excluding hydrogens is 232 g/mol. The van der Waals surface area contributed by atoms with Crippen LogP contribution < -0.4 is 5.73 Å². The fourth-order valence-corrected chi connectivity index (χ4v) is 2.77. The molecule has 1 heterocycles. The highest BCUT2D eigenvalue weighted by atomic mass is 35.5. The minimum atomic E-state index is 0.178. The maximum absolute atomic E-state index is 6.13. The Morgan fingerprint density at radius 3 is 2.71 bits per heavy atom. The molecule has 2 aromatic rings. The first kappa shape index (κ1) is 10.8. The Morgan fingerprint density at radius 2 is 2.06 bits per heavy atom. The first-order chi connectivity index (χ1) is 8.08. The van der Waals surface area contributed by atoms with Crippen LogP contribution in [-0.2, 0) is 5.41 Å². The van der Waals surface area contributed by atoms with Gasteiger partial charge in [0.2, 0.25) is 0 Å². The van der Waals surface area contributed by atoms with Crippen LogP contribution in [0.2, 0.25) is 5.02 Å². The second kappa shape index (κ2) is 3.61. The zero-order chi connectivity index (χ0) is 12.0. The van der Waals surface area contributed by atoms with E-state index >= 15 is 0 Å². The molecule has 1 aromatic carbocycles. The van der Waals surface area contributed by atoms with E-state index in [1.807, 2.05) is 24.3 Å². The molecule has 2 N–H and O–H groups in total. The van der Waals surface area contributed by atoms with E-state index in [9.17, 15) is 0 Å². The largest absolute Gasteiger partial charge is 0.397 e. The van der Waals surface area contributed by atoms with Gasteiger partial charge in [0.05, 0.1) is 16.9 Å². The molecule has 0 bridgehead atoms. The number of fused-ring (bicyclic) bond motifs is 1. The van der Waals surface area contributed by atoms with Crippen LogP contribution in [0, 0.1) is 0 Å². The van der Waals surface area contributed by atoms with Crippen LogP contribution in [0.25, 0.3) is 10.9 Å². The van der Waals surface area contributed by atoms with Crippen molar-refractivity contribution in [3.8, 4) is 0 Å². The van der Waals surface area contributed by atoms with E-state index in [0.29, 0.717) is 0 Å². The summed E-state index contributed by atoms with van der Waals surface area (Å²) in [5, 5.41) is 1.74. The SMILES string of the molecule is CC1(c2nc3ccc(Cl)cc3cc2N)CCC1. The van der Waals surface area contributed by atoms with Gasteiger partial charge in [-0.05, 0) is 37.1 Å². The van der Waals surface area contributed by atoms with E-state index in [0.717, 1.165) is 27.3 Å². The average molecular weight is 247 g/mol. The van der Waals surface area contributed by atoms with Gasteiger partial charge < -0.3 is 5.73 Å². The Labute approximate surface area is 106 Å². The molecule has 0 unspecified atom stereocenters. The van der Waals surface area contributed by atoms with Crippen molar-refractivity contribution in [2.75, 3.05) is 5.73 Å². The van der Waals surface area contributed by atoms with E-state index in [4.69, 9.17) is 22.3 Å². The predicted molar refractivity (Wildman–Crippen MR) is 72.4 cm³/mol. The van der Waals surface area contributed by atoms with Gasteiger partial charge in [0.1, 0.15) is 0 Å². The number of nitrogens with zero attached hydrogens (tertiary/aromatic N) is 1. The van der Waals surface area contributed by atoms with Gasteiger partial charge in [0.25, 0.3) is 0 Å². The maximum atomic E-state index is 6.13. The van der Waals surface area contributed by atoms with Crippen LogP contribution >= 0.6 is 11.6 Å². The van der Waals surface area contributed by atoms with E-state index in [2.05, 4.69) is 6.92 Å². The van der Waals surface area contributed by atoms with Gasteiger partial charge in [0, 0.05) is 15.8 Å². The molecule has 3 rings (SSSR count). The molecule has 1 aliphatic carbocycles. The number of benzene rings is 1. The summed E-state index contributed by atoms with van der Waals surface area (Å²) in [6.07, 6.45) is 3.64. The molecular formula is C14H15ClN2. The highest BCUT2D eigenvalue weighted by Crippen LogP contribution is 2.45. The minimum Gasteiger partial charge on any atom is -0.397 e. The molecule has 1 fully saturated rings. The van der Waals surface area contributed by atoms with Crippen molar-refractivity contribution in [3.05, 3.63) is 35.0 Å². The van der Waals surface area contributed by atoms with Gasteiger partial charge in [-0.15, -0.1) is 0 Å². The maximum Gasteiger partial charge on any atom is 0.0708 e. The molecule has 1 aliphatic rings. The fourth-order valence-electron chi connectivity index (χ4n) is 2.59. The summed E-state index contributed by atoms with van der Waals surface area (Å²) in [5.41, 5.74) is 9.13. The molecule has 0 radical (unpaired) electrons. The van der Waals surface area contributed by atoms with Crippen molar-refractivity contribution >= 4 is 28.2 Å². The van der Waals surface area contributed by atoms with E-state index in [1.165, 1.54) is 19.3 Å². The fraction of sp³-hybridized carbons (Fsp3) is 0.357. The van der Waals surface area contributed by atoms with Gasteiger partial charge in [-0.1, -0.05) is 24.9 Å². The highest BCUT2D eigenvalue weighted by molar-refractivity contribution is 6.31. The summed E-state index contributed by atoms with van der Waals surface area (Å²) in [6.45, 7) is 2.25. The topological polar surface area (TPSA) is 38.9 Å². The molecule has 3 heteroatoms. The molecule has 88 valence electrons. The third-order valence-corrected chi connectivity index (χ3v) is 4.07. The number of halogens is 1. The summed E-state index contributed by atoms with van der Waals surface area (Å²) >= 11 is 5.97. The van der Waals surface area contributed by atoms with Crippen LogP contribution in [0.3, 0.4) is 0 Å². The normalized spacial score (nSPS) is 18.0. The zero-order valence-corrected chi connectivity index (χ0v) is 10.6. The van der Waals surface area contributed by atoms with E-state index in [1.54, 1.807) is 0 Å². The molecule has 0 aliphatic heterocycles. The van der Waals surface area contributed by atoms with E-state index in [-0.39, 0.29) is 5.41 Å². The summed E-state index contributed by atoms with van der Waals surface area (Å²) in [7, 11) is 0. The number of anilines is 1. The predicted octanol–water partition coefficient (Wildman–Crippen LogP) is 3.91. The zero-order valence-electron chi connectivity index (χ0n) is 9.83. The number of nitrogens with two attached hydrogens (primary N) is 1. The van der Waals surface area contributed by atoms with Crippen molar-refractivity contribution in [3.63, 3.8) is 0 Å². The second-order valence-electron chi connectivity index (χ2n) is 5.18. The Hall–Kier alpha value is -1.28. The molecule has 1 saturated carbocycles. The molecule has 0 spiro atoms. The van der Waals surface area contributed by atoms with E-state index < -0.39 is 0 Å². The van der Waals surface area contributed by atoms with Crippen molar-refractivity contribution in [1.82, 2.24) is 4.98 Å². The van der Waals surface area contributed by atoms with Crippen molar-refractivity contribution in [2.45, 2.75) is 31.6 Å². The summed E-state index contributed by atoms with van der Waals surface area (Å²) in [5.74, 6) is 0. The Balaban J connectivity index is 2.20. The smallest absolute Gasteiger partial charge is 0.0708 e. The molecule has 0 amide bonds. The lowest BCUT2D eigenvalue weighted by Crippen LogP contribution is -2.32. The summed E-state index contributed by atoms with van der Waals surface area (Å²) in [4.78, 5) is 4.73.